The van der Waals surface area contributed by atoms with Crippen LogP contribution in [-0.2, 0) is 0 Å². The van der Waals surface area contributed by atoms with Gasteiger partial charge in [0.05, 0.1) is 37.3 Å². The molecule has 0 aliphatic heterocycles. The first kappa shape index (κ1) is 17.8. The van der Waals surface area contributed by atoms with E-state index in [2.05, 4.69) is 9.97 Å². The number of methoxy groups -OCH3 is 3. The third-order valence-electron chi connectivity index (χ3n) is 3.85. The number of hydrogen-bond donors (Lipinski definition) is 1. The van der Waals surface area contributed by atoms with Crippen LogP contribution in [0.3, 0.4) is 0 Å². The predicted octanol–water partition coefficient (Wildman–Crippen LogP) is 3.69. The van der Waals surface area contributed by atoms with E-state index in [0.29, 0.717) is 27.4 Å². The standard InChI is InChI=1S/C19H17ClN2O4/c1-24-12-6-4-11(5-7-12)8-14(20)18-21-15-10-17(26-3)16(25-2)9-13(15)19(23)22-18/h4-10H,1-3H3,(H,21,22,23)/b14-8-. The zero-order chi connectivity index (χ0) is 18.7. The summed E-state index contributed by atoms with van der Waals surface area (Å²) in [6.07, 6.45) is 1.71. The van der Waals surface area contributed by atoms with Gasteiger partial charge >= 0.3 is 0 Å². The van der Waals surface area contributed by atoms with Gasteiger partial charge in [-0.3, -0.25) is 4.79 Å². The largest absolute Gasteiger partial charge is 0.497 e. The Bertz CT molecular complexity index is 1030. The first-order valence-electron chi connectivity index (χ1n) is 7.73. The van der Waals surface area contributed by atoms with E-state index in [1.54, 1.807) is 25.3 Å². The number of hydrogen-bond acceptors (Lipinski definition) is 5. The van der Waals surface area contributed by atoms with Crippen molar-refractivity contribution in [3.63, 3.8) is 0 Å². The van der Waals surface area contributed by atoms with E-state index in [9.17, 15) is 4.79 Å². The van der Waals surface area contributed by atoms with Gasteiger partial charge in [0.25, 0.3) is 5.56 Å². The zero-order valence-electron chi connectivity index (χ0n) is 14.5. The van der Waals surface area contributed by atoms with E-state index in [-0.39, 0.29) is 11.4 Å². The molecule has 0 saturated heterocycles. The summed E-state index contributed by atoms with van der Waals surface area (Å²) in [5.74, 6) is 1.96. The molecule has 26 heavy (non-hydrogen) atoms. The molecule has 2 aromatic carbocycles. The topological polar surface area (TPSA) is 73.4 Å². The fourth-order valence-corrected chi connectivity index (χ4v) is 2.71. The number of aromatic amines is 1. The Morgan fingerprint density at radius 1 is 1.04 bits per heavy atom. The van der Waals surface area contributed by atoms with E-state index >= 15 is 0 Å². The molecule has 134 valence electrons. The van der Waals surface area contributed by atoms with Gasteiger partial charge in [0.1, 0.15) is 5.75 Å². The number of rotatable bonds is 5. The van der Waals surface area contributed by atoms with Gasteiger partial charge in [-0.15, -0.1) is 0 Å². The lowest BCUT2D eigenvalue weighted by atomic mass is 10.2. The van der Waals surface area contributed by atoms with Gasteiger partial charge in [0, 0.05) is 6.07 Å². The first-order valence-corrected chi connectivity index (χ1v) is 8.11. The van der Waals surface area contributed by atoms with Gasteiger partial charge in [-0.1, -0.05) is 23.7 Å². The molecular formula is C19H17ClN2O4. The Labute approximate surface area is 155 Å². The summed E-state index contributed by atoms with van der Waals surface area (Å²) >= 11 is 6.36. The van der Waals surface area contributed by atoms with Crippen molar-refractivity contribution in [3.05, 3.63) is 58.1 Å². The maximum Gasteiger partial charge on any atom is 0.259 e. The van der Waals surface area contributed by atoms with Crippen LogP contribution in [0.15, 0.2) is 41.2 Å². The summed E-state index contributed by atoms with van der Waals surface area (Å²) < 4.78 is 15.6. The molecule has 0 radical (unpaired) electrons. The maximum absolute atomic E-state index is 12.4. The average Bonchev–Trinajstić information content (AvgIpc) is 2.67. The smallest absolute Gasteiger partial charge is 0.259 e. The summed E-state index contributed by atoms with van der Waals surface area (Å²) in [5, 5.41) is 0.698. The van der Waals surface area contributed by atoms with E-state index in [1.165, 1.54) is 14.2 Å². The lowest BCUT2D eigenvalue weighted by Gasteiger charge is -2.09. The molecule has 0 spiro atoms. The van der Waals surface area contributed by atoms with Gasteiger partial charge in [-0.25, -0.2) is 4.98 Å². The van der Waals surface area contributed by atoms with E-state index in [0.717, 1.165) is 11.3 Å². The fourth-order valence-electron chi connectivity index (χ4n) is 2.49. The van der Waals surface area contributed by atoms with Gasteiger partial charge in [0.15, 0.2) is 17.3 Å². The highest BCUT2D eigenvalue weighted by Crippen LogP contribution is 2.30. The van der Waals surface area contributed by atoms with Crippen molar-refractivity contribution < 1.29 is 14.2 Å². The molecule has 0 saturated carbocycles. The van der Waals surface area contributed by atoms with Crippen LogP contribution in [0.1, 0.15) is 11.4 Å². The highest BCUT2D eigenvalue weighted by Gasteiger charge is 2.12. The molecule has 0 amide bonds. The summed E-state index contributed by atoms with van der Waals surface area (Å²) in [6, 6.07) is 10.6. The molecule has 0 fully saturated rings. The van der Waals surface area contributed by atoms with Crippen LogP contribution in [0.4, 0.5) is 0 Å². The molecular weight excluding hydrogens is 356 g/mol. The maximum atomic E-state index is 12.4. The summed E-state index contributed by atoms with van der Waals surface area (Å²) in [7, 11) is 4.63. The molecule has 0 bridgehead atoms. The van der Waals surface area contributed by atoms with Gasteiger partial charge in [0.2, 0.25) is 0 Å². The third-order valence-corrected chi connectivity index (χ3v) is 4.13. The zero-order valence-corrected chi connectivity index (χ0v) is 15.3. The Hall–Kier alpha value is -2.99. The molecule has 0 aliphatic carbocycles. The highest BCUT2D eigenvalue weighted by molar-refractivity contribution is 6.50. The van der Waals surface area contributed by atoms with Crippen LogP contribution in [0, 0.1) is 0 Å². The van der Waals surface area contributed by atoms with E-state index in [1.807, 2.05) is 24.3 Å². The first-order chi connectivity index (χ1) is 12.5. The van der Waals surface area contributed by atoms with Crippen LogP contribution in [0.5, 0.6) is 17.2 Å². The molecule has 6 nitrogen and oxygen atoms in total. The van der Waals surface area contributed by atoms with Crippen molar-refractivity contribution >= 4 is 33.6 Å². The van der Waals surface area contributed by atoms with E-state index < -0.39 is 0 Å². The Kier molecular flexibility index (Phi) is 5.14. The molecule has 1 aromatic heterocycles. The van der Waals surface area contributed by atoms with Crippen molar-refractivity contribution in [2.45, 2.75) is 0 Å². The Morgan fingerprint density at radius 3 is 2.31 bits per heavy atom. The lowest BCUT2D eigenvalue weighted by molar-refractivity contribution is 0.355. The number of halogens is 1. The molecule has 3 rings (SSSR count). The van der Waals surface area contributed by atoms with Crippen molar-refractivity contribution in [2.24, 2.45) is 0 Å². The molecule has 0 atom stereocenters. The molecule has 1 N–H and O–H groups in total. The minimum absolute atomic E-state index is 0.271. The highest BCUT2D eigenvalue weighted by atomic mass is 35.5. The number of nitrogens with one attached hydrogen (secondary N) is 1. The minimum atomic E-state index is -0.313. The second kappa shape index (κ2) is 7.49. The molecule has 0 unspecified atom stereocenters. The van der Waals surface area contributed by atoms with Crippen LogP contribution < -0.4 is 19.8 Å². The van der Waals surface area contributed by atoms with Gasteiger partial charge in [-0.05, 0) is 29.8 Å². The molecule has 7 heteroatoms. The van der Waals surface area contributed by atoms with Crippen molar-refractivity contribution in [3.8, 4) is 17.2 Å². The van der Waals surface area contributed by atoms with Crippen molar-refractivity contribution in [1.29, 1.82) is 0 Å². The normalized spacial score (nSPS) is 11.5. The summed E-state index contributed by atoms with van der Waals surface area (Å²) in [4.78, 5) is 19.5. The number of aromatic nitrogens is 2. The summed E-state index contributed by atoms with van der Waals surface area (Å²) in [6.45, 7) is 0. The minimum Gasteiger partial charge on any atom is -0.497 e. The second-order valence-electron chi connectivity index (χ2n) is 5.40. The van der Waals surface area contributed by atoms with Crippen LogP contribution >= 0.6 is 11.6 Å². The number of fused-ring (bicyclic) bond motifs is 1. The lowest BCUT2D eigenvalue weighted by Crippen LogP contribution is -2.11. The van der Waals surface area contributed by atoms with Crippen LogP contribution in [0.2, 0.25) is 0 Å². The van der Waals surface area contributed by atoms with Gasteiger partial charge in [-0.2, -0.15) is 0 Å². The molecule has 3 aromatic rings. The number of H-pyrrole nitrogens is 1. The SMILES string of the molecule is COc1ccc(/C=C(\Cl)c2nc3cc(OC)c(OC)cc3c(=O)[nH]2)cc1. The Balaban J connectivity index is 2.06. The van der Waals surface area contributed by atoms with Crippen LogP contribution in [-0.4, -0.2) is 31.3 Å². The van der Waals surface area contributed by atoms with Crippen molar-refractivity contribution in [1.82, 2.24) is 9.97 Å². The Morgan fingerprint density at radius 2 is 1.69 bits per heavy atom. The number of nitrogens with zero attached hydrogens (tertiary/aromatic N) is 1. The monoisotopic (exact) mass is 372 g/mol. The average molecular weight is 373 g/mol. The third kappa shape index (κ3) is 3.50. The molecule has 1 heterocycles. The number of benzene rings is 2. The van der Waals surface area contributed by atoms with Crippen molar-refractivity contribution in [2.75, 3.05) is 21.3 Å². The van der Waals surface area contributed by atoms with Gasteiger partial charge < -0.3 is 19.2 Å². The summed E-state index contributed by atoms with van der Waals surface area (Å²) in [5.41, 5.74) is 1.00. The number of ether oxygens (including phenoxy) is 3. The molecule has 0 aliphatic rings. The van der Waals surface area contributed by atoms with Crippen LogP contribution in [0.25, 0.3) is 22.0 Å². The van der Waals surface area contributed by atoms with E-state index in [4.69, 9.17) is 25.8 Å². The fraction of sp³-hybridized carbons (Fsp3) is 0.158. The quantitative estimate of drug-likeness (QED) is 0.739. The second-order valence-corrected chi connectivity index (χ2v) is 5.81. The predicted molar refractivity (Wildman–Crippen MR) is 102 cm³/mol.